The van der Waals surface area contributed by atoms with Gasteiger partial charge in [-0.1, -0.05) is 24.3 Å². The van der Waals surface area contributed by atoms with Crippen molar-refractivity contribution in [2.45, 2.75) is 13.3 Å². The smallest absolute Gasteiger partial charge is 0.208 e. The Morgan fingerprint density at radius 2 is 2.17 bits per heavy atom. The van der Waals surface area contributed by atoms with E-state index >= 15 is 0 Å². The van der Waals surface area contributed by atoms with Crippen LogP contribution in [0.2, 0.25) is 0 Å². The minimum absolute atomic E-state index is 0.124. The van der Waals surface area contributed by atoms with Gasteiger partial charge in [-0.25, -0.2) is 0 Å². The molecule has 0 aromatic carbocycles. The van der Waals surface area contributed by atoms with Gasteiger partial charge in [0.15, 0.2) is 5.01 Å². The van der Waals surface area contributed by atoms with Crippen molar-refractivity contribution in [3.63, 3.8) is 0 Å². The minimum Gasteiger partial charge on any atom is -0.395 e. The predicted molar refractivity (Wildman–Crippen MR) is 72.7 cm³/mol. The fourth-order valence-corrected chi connectivity index (χ4v) is 2.50. The monoisotopic (exact) mass is 264 g/mol. The number of aliphatic hydroxyl groups excluding tert-OH is 1. The molecule has 0 aliphatic carbocycles. The lowest BCUT2D eigenvalue weighted by molar-refractivity contribution is 0.301. The maximum Gasteiger partial charge on any atom is 0.208 e. The lowest BCUT2D eigenvalue weighted by Gasteiger charge is -2.18. The van der Waals surface area contributed by atoms with E-state index in [0.717, 1.165) is 28.8 Å². The quantitative estimate of drug-likeness (QED) is 0.862. The highest BCUT2D eigenvalue weighted by Gasteiger charge is 2.12. The van der Waals surface area contributed by atoms with Crippen molar-refractivity contribution in [1.82, 2.24) is 15.2 Å². The maximum absolute atomic E-state index is 9.05. The Morgan fingerprint density at radius 1 is 1.28 bits per heavy atom. The van der Waals surface area contributed by atoms with Crippen molar-refractivity contribution in [3.05, 3.63) is 24.4 Å². The third-order valence-corrected chi connectivity index (χ3v) is 3.44. The lowest BCUT2D eigenvalue weighted by Crippen LogP contribution is -2.27. The molecule has 2 rings (SSSR count). The van der Waals surface area contributed by atoms with Gasteiger partial charge < -0.3 is 10.0 Å². The first-order valence-electron chi connectivity index (χ1n) is 5.96. The number of aromatic nitrogens is 3. The largest absolute Gasteiger partial charge is 0.395 e. The van der Waals surface area contributed by atoms with E-state index in [0.29, 0.717) is 6.54 Å². The van der Waals surface area contributed by atoms with E-state index < -0.39 is 0 Å². The molecule has 0 bridgehead atoms. The van der Waals surface area contributed by atoms with E-state index in [4.69, 9.17) is 5.11 Å². The van der Waals surface area contributed by atoms with Crippen LogP contribution in [0.5, 0.6) is 0 Å². The van der Waals surface area contributed by atoms with E-state index in [1.807, 2.05) is 23.1 Å². The lowest BCUT2D eigenvalue weighted by atomic mass is 10.4. The third kappa shape index (κ3) is 3.02. The van der Waals surface area contributed by atoms with Gasteiger partial charge in [0.05, 0.1) is 6.61 Å². The fraction of sp³-hybridized carbons (Fsp3) is 0.417. The third-order valence-electron chi connectivity index (χ3n) is 2.43. The van der Waals surface area contributed by atoms with Crippen LogP contribution in [0.25, 0.3) is 10.7 Å². The minimum atomic E-state index is 0.124. The second-order valence-corrected chi connectivity index (χ2v) is 4.77. The van der Waals surface area contributed by atoms with Crippen LogP contribution in [0.3, 0.4) is 0 Å². The molecule has 0 aliphatic rings. The van der Waals surface area contributed by atoms with Gasteiger partial charge in [-0.2, -0.15) is 0 Å². The highest BCUT2D eigenvalue weighted by atomic mass is 32.1. The topological polar surface area (TPSA) is 62.1 Å². The highest BCUT2D eigenvalue weighted by molar-refractivity contribution is 7.18. The van der Waals surface area contributed by atoms with Crippen LogP contribution in [-0.2, 0) is 0 Å². The molecule has 0 atom stereocenters. The molecule has 0 saturated carbocycles. The molecule has 96 valence electrons. The molecule has 0 fully saturated rings. The molecule has 1 N–H and O–H groups in total. The summed E-state index contributed by atoms with van der Waals surface area (Å²) in [6, 6.07) is 5.72. The first kappa shape index (κ1) is 12.9. The summed E-state index contributed by atoms with van der Waals surface area (Å²) >= 11 is 1.50. The normalized spacial score (nSPS) is 10.6. The van der Waals surface area contributed by atoms with Gasteiger partial charge >= 0.3 is 0 Å². The van der Waals surface area contributed by atoms with Crippen molar-refractivity contribution in [1.29, 1.82) is 0 Å². The maximum atomic E-state index is 9.05. The summed E-state index contributed by atoms with van der Waals surface area (Å²) in [5.74, 6) is 0. The van der Waals surface area contributed by atoms with Crippen molar-refractivity contribution in [3.8, 4) is 10.7 Å². The van der Waals surface area contributed by atoms with Gasteiger partial charge in [0.25, 0.3) is 0 Å². The van der Waals surface area contributed by atoms with Crippen LogP contribution in [0.15, 0.2) is 24.4 Å². The summed E-state index contributed by atoms with van der Waals surface area (Å²) in [6.45, 7) is 3.69. The Bertz CT molecular complexity index is 468. The Kier molecular flexibility index (Phi) is 4.60. The Hall–Kier alpha value is -1.53. The second-order valence-electron chi connectivity index (χ2n) is 3.82. The number of rotatable bonds is 6. The number of anilines is 1. The zero-order valence-electron chi connectivity index (χ0n) is 10.3. The Balaban J connectivity index is 2.18. The zero-order valence-corrected chi connectivity index (χ0v) is 11.1. The molecular formula is C12H16N4OS. The Morgan fingerprint density at radius 3 is 2.83 bits per heavy atom. The summed E-state index contributed by atoms with van der Waals surface area (Å²) in [6.07, 6.45) is 2.76. The molecule has 0 radical (unpaired) electrons. The standard InChI is InChI=1S/C12H16N4OS/c1-2-7-16(8-9-17)12-15-14-11(18-12)10-5-3-4-6-13-10/h3-6,17H,2,7-9H2,1H3. The summed E-state index contributed by atoms with van der Waals surface area (Å²) in [5, 5.41) is 19.0. The number of hydrogen-bond donors (Lipinski definition) is 1. The van der Waals surface area contributed by atoms with Crippen molar-refractivity contribution >= 4 is 16.5 Å². The average Bonchev–Trinajstić information content (AvgIpc) is 2.89. The molecule has 2 aromatic rings. The molecule has 2 aromatic heterocycles. The zero-order chi connectivity index (χ0) is 12.8. The molecule has 0 spiro atoms. The van der Waals surface area contributed by atoms with Crippen LogP contribution in [0.4, 0.5) is 5.13 Å². The van der Waals surface area contributed by atoms with E-state index in [2.05, 4.69) is 22.1 Å². The summed E-state index contributed by atoms with van der Waals surface area (Å²) in [5.41, 5.74) is 0.835. The number of nitrogens with zero attached hydrogens (tertiary/aromatic N) is 4. The molecule has 6 heteroatoms. The van der Waals surface area contributed by atoms with E-state index in [-0.39, 0.29) is 6.61 Å². The average molecular weight is 264 g/mol. The molecule has 2 heterocycles. The molecule has 0 unspecified atom stereocenters. The van der Waals surface area contributed by atoms with Gasteiger partial charge in [0, 0.05) is 19.3 Å². The van der Waals surface area contributed by atoms with E-state index in [1.54, 1.807) is 6.20 Å². The highest BCUT2D eigenvalue weighted by Crippen LogP contribution is 2.27. The molecule has 0 saturated heterocycles. The molecule has 5 nitrogen and oxygen atoms in total. The fourth-order valence-electron chi connectivity index (χ4n) is 1.63. The van der Waals surface area contributed by atoms with Crippen LogP contribution < -0.4 is 4.90 Å². The first-order valence-corrected chi connectivity index (χ1v) is 6.77. The van der Waals surface area contributed by atoms with Gasteiger partial charge in [0.1, 0.15) is 5.69 Å². The van der Waals surface area contributed by atoms with Crippen molar-refractivity contribution in [2.24, 2.45) is 0 Å². The second kappa shape index (κ2) is 6.42. The van der Waals surface area contributed by atoms with Crippen LogP contribution in [-0.4, -0.2) is 40.0 Å². The molecule has 0 aliphatic heterocycles. The van der Waals surface area contributed by atoms with Crippen LogP contribution in [0.1, 0.15) is 13.3 Å². The van der Waals surface area contributed by atoms with Crippen molar-refractivity contribution in [2.75, 3.05) is 24.6 Å². The Labute approximate surface area is 110 Å². The number of hydrogen-bond acceptors (Lipinski definition) is 6. The summed E-state index contributed by atoms with van der Waals surface area (Å²) in [7, 11) is 0. The summed E-state index contributed by atoms with van der Waals surface area (Å²) in [4.78, 5) is 6.30. The summed E-state index contributed by atoms with van der Waals surface area (Å²) < 4.78 is 0. The van der Waals surface area contributed by atoms with Gasteiger partial charge in [0.2, 0.25) is 5.13 Å². The van der Waals surface area contributed by atoms with E-state index in [1.165, 1.54) is 11.3 Å². The van der Waals surface area contributed by atoms with Gasteiger partial charge in [-0.15, -0.1) is 10.2 Å². The number of pyridine rings is 1. The SMILES string of the molecule is CCCN(CCO)c1nnc(-c2ccccn2)s1. The van der Waals surface area contributed by atoms with Gasteiger partial charge in [-0.3, -0.25) is 4.98 Å². The van der Waals surface area contributed by atoms with Crippen LogP contribution >= 0.6 is 11.3 Å². The predicted octanol–water partition coefficient (Wildman–Crippen LogP) is 1.81. The first-order chi connectivity index (χ1) is 8.85. The van der Waals surface area contributed by atoms with Crippen molar-refractivity contribution < 1.29 is 5.11 Å². The molecule has 18 heavy (non-hydrogen) atoms. The molecule has 0 amide bonds. The van der Waals surface area contributed by atoms with Crippen LogP contribution in [0, 0.1) is 0 Å². The number of aliphatic hydroxyl groups is 1. The van der Waals surface area contributed by atoms with E-state index in [9.17, 15) is 0 Å². The van der Waals surface area contributed by atoms with Gasteiger partial charge in [-0.05, 0) is 18.6 Å². The molecular weight excluding hydrogens is 248 g/mol.